The van der Waals surface area contributed by atoms with Crippen molar-refractivity contribution in [3.8, 4) is 0 Å². The number of carboxylic acids is 1. The average Bonchev–Trinajstić information content (AvgIpc) is 1.81. The summed E-state index contributed by atoms with van der Waals surface area (Å²) >= 11 is 0. The van der Waals surface area contributed by atoms with Gasteiger partial charge >= 0.3 is 5.97 Å². The van der Waals surface area contributed by atoms with Crippen molar-refractivity contribution in [1.29, 1.82) is 0 Å². The first-order chi connectivity index (χ1) is 4.95. The predicted octanol–water partition coefficient (Wildman–Crippen LogP) is 2.37. The zero-order valence-corrected chi connectivity index (χ0v) is 8.56. The zero-order chi connectivity index (χ0) is 9.02. The van der Waals surface area contributed by atoms with E-state index >= 15 is 0 Å². The summed E-state index contributed by atoms with van der Waals surface area (Å²) in [5, 5.41) is 8.60. The summed E-state index contributed by atoms with van der Waals surface area (Å²) in [6.07, 6.45) is 0.366. The van der Waals surface area contributed by atoms with E-state index in [0.29, 0.717) is 17.5 Å². The summed E-state index contributed by atoms with van der Waals surface area (Å²) in [5.74, 6) is -0.654. The Morgan fingerprint density at radius 3 is 1.73 bits per heavy atom. The second kappa shape index (κ2) is 4.71. The minimum atomic E-state index is -0.654. The molecule has 0 saturated heterocycles. The largest absolute Gasteiger partial charge is 0.481 e. The van der Waals surface area contributed by atoms with Gasteiger partial charge in [-0.2, -0.15) is 0 Å². The van der Waals surface area contributed by atoms with Gasteiger partial charge in [0.25, 0.3) is 0 Å². The lowest BCUT2D eigenvalue weighted by Crippen LogP contribution is -2.12. The van der Waals surface area contributed by atoms with E-state index in [-0.39, 0.29) is 7.92 Å². The molecule has 1 N–H and O–H groups in total. The van der Waals surface area contributed by atoms with Gasteiger partial charge in [0.05, 0.1) is 6.16 Å². The third-order valence-corrected chi connectivity index (χ3v) is 4.93. The normalized spacial score (nSPS) is 11.5. The first kappa shape index (κ1) is 10.9. The van der Waals surface area contributed by atoms with Crippen molar-refractivity contribution >= 4 is 13.9 Å². The molecule has 0 radical (unpaired) electrons. The highest BCUT2D eigenvalue weighted by Crippen LogP contribution is 2.45. The van der Waals surface area contributed by atoms with Crippen molar-refractivity contribution in [3.05, 3.63) is 0 Å². The molecular formula is C8H17O2P. The molecule has 66 valence electrons. The number of aliphatic carboxylic acids is 1. The molecule has 0 amide bonds. The summed E-state index contributed by atoms with van der Waals surface area (Å²) in [4.78, 5) is 10.4. The number of rotatable bonds is 4. The van der Waals surface area contributed by atoms with Crippen molar-refractivity contribution in [2.24, 2.45) is 0 Å². The monoisotopic (exact) mass is 176 g/mol. The Kier molecular flexibility index (Phi) is 4.67. The Bertz CT molecular complexity index is 124. The fourth-order valence-corrected chi connectivity index (χ4v) is 3.35. The molecule has 0 aliphatic carbocycles. The van der Waals surface area contributed by atoms with Gasteiger partial charge in [-0.3, -0.25) is 4.79 Å². The molecule has 11 heavy (non-hydrogen) atoms. The molecule has 0 unspecified atom stereocenters. The lowest BCUT2D eigenvalue weighted by atomic mass is 10.5. The van der Waals surface area contributed by atoms with Crippen LogP contribution in [0.5, 0.6) is 0 Å². The van der Waals surface area contributed by atoms with Crippen molar-refractivity contribution in [2.45, 2.75) is 39.0 Å². The van der Waals surface area contributed by atoms with Crippen LogP contribution in [0.15, 0.2) is 0 Å². The van der Waals surface area contributed by atoms with E-state index in [4.69, 9.17) is 5.11 Å². The Labute approximate surface area is 69.7 Å². The third kappa shape index (κ3) is 4.36. The standard InChI is InChI=1S/C8H17O2P/c1-6(2)11(7(3)4)5-8(9)10/h6-7H,5H2,1-4H3,(H,9,10). The fourth-order valence-electron chi connectivity index (χ4n) is 1.12. The van der Waals surface area contributed by atoms with E-state index < -0.39 is 5.97 Å². The summed E-state index contributed by atoms with van der Waals surface area (Å²) in [6.45, 7) is 8.42. The van der Waals surface area contributed by atoms with E-state index in [1.54, 1.807) is 0 Å². The van der Waals surface area contributed by atoms with Gasteiger partial charge in [0.2, 0.25) is 0 Å². The van der Waals surface area contributed by atoms with Gasteiger partial charge in [0.1, 0.15) is 0 Å². The molecule has 3 heteroatoms. The molecule has 0 aromatic heterocycles. The van der Waals surface area contributed by atoms with Crippen LogP contribution in [0.4, 0.5) is 0 Å². The van der Waals surface area contributed by atoms with E-state index in [1.807, 2.05) is 0 Å². The van der Waals surface area contributed by atoms with Crippen LogP contribution in [-0.2, 0) is 4.79 Å². The molecule has 2 nitrogen and oxygen atoms in total. The Morgan fingerprint density at radius 1 is 1.27 bits per heavy atom. The zero-order valence-electron chi connectivity index (χ0n) is 7.66. The molecule has 0 aliphatic rings. The summed E-state index contributed by atoms with van der Waals surface area (Å²) < 4.78 is 0. The SMILES string of the molecule is CC(C)P(CC(=O)O)C(C)C. The lowest BCUT2D eigenvalue weighted by molar-refractivity contribution is -0.134. The quantitative estimate of drug-likeness (QED) is 0.667. The fraction of sp³-hybridized carbons (Fsp3) is 0.875. The van der Waals surface area contributed by atoms with Crippen LogP contribution < -0.4 is 0 Å². The van der Waals surface area contributed by atoms with Gasteiger partial charge in [0, 0.05) is 0 Å². The molecule has 0 aromatic carbocycles. The third-order valence-electron chi connectivity index (χ3n) is 1.64. The van der Waals surface area contributed by atoms with Gasteiger partial charge < -0.3 is 5.11 Å². The Morgan fingerprint density at radius 2 is 1.64 bits per heavy atom. The van der Waals surface area contributed by atoms with Gasteiger partial charge in [0.15, 0.2) is 0 Å². The lowest BCUT2D eigenvalue weighted by Gasteiger charge is -2.23. The average molecular weight is 176 g/mol. The number of carboxylic acid groups (broad SMARTS) is 1. The van der Waals surface area contributed by atoms with Crippen molar-refractivity contribution < 1.29 is 9.90 Å². The van der Waals surface area contributed by atoms with Crippen LogP contribution >= 0.6 is 7.92 Å². The number of hydrogen-bond donors (Lipinski definition) is 1. The van der Waals surface area contributed by atoms with Crippen LogP contribution in [-0.4, -0.2) is 28.6 Å². The van der Waals surface area contributed by atoms with Crippen molar-refractivity contribution in [1.82, 2.24) is 0 Å². The highest BCUT2D eigenvalue weighted by atomic mass is 31.1. The van der Waals surface area contributed by atoms with Crippen LogP contribution in [0.25, 0.3) is 0 Å². The molecule has 0 fully saturated rings. The maximum atomic E-state index is 10.4. The molecule has 0 saturated carbocycles. The van der Waals surface area contributed by atoms with Crippen LogP contribution in [0.2, 0.25) is 0 Å². The first-order valence-electron chi connectivity index (χ1n) is 3.92. The smallest absolute Gasteiger partial charge is 0.307 e. The predicted molar refractivity (Wildman–Crippen MR) is 49.7 cm³/mol. The van der Waals surface area contributed by atoms with Crippen LogP contribution in [0.3, 0.4) is 0 Å². The van der Waals surface area contributed by atoms with Crippen LogP contribution in [0, 0.1) is 0 Å². The van der Waals surface area contributed by atoms with Crippen molar-refractivity contribution in [3.63, 3.8) is 0 Å². The van der Waals surface area contributed by atoms with E-state index in [0.717, 1.165) is 0 Å². The molecule has 0 heterocycles. The number of hydrogen-bond acceptors (Lipinski definition) is 1. The molecule has 0 atom stereocenters. The van der Waals surface area contributed by atoms with Gasteiger partial charge in [-0.1, -0.05) is 35.6 Å². The Hall–Kier alpha value is -0.100. The van der Waals surface area contributed by atoms with Gasteiger partial charge in [-0.05, 0) is 11.3 Å². The topological polar surface area (TPSA) is 37.3 Å². The molecule has 0 bridgehead atoms. The highest BCUT2D eigenvalue weighted by Gasteiger charge is 2.19. The number of carbonyl (C=O) groups is 1. The highest BCUT2D eigenvalue weighted by molar-refractivity contribution is 7.59. The maximum Gasteiger partial charge on any atom is 0.307 e. The van der Waals surface area contributed by atoms with Crippen LogP contribution in [0.1, 0.15) is 27.7 Å². The molecule has 0 aliphatic heterocycles. The first-order valence-corrected chi connectivity index (χ1v) is 5.59. The summed E-state index contributed by atoms with van der Waals surface area (Å²) in [6, 6.07) is 0. The maximum absolute atomic E-state index is 10.4. The molecular weight excluding hydrogens is 159 g/mol. The minimum absolute atomic E-state index is 0.318. The second-order valence-corrected chi connectivity index (χ2v) is 6.66. The van der Waals surface area contributed by atoms with E-state index in [1.165, 1.54) is 0 Å². The summed E-state index contributed by atoms with van der Waals surface area (Å²) in [7, 11) is -0.318. The van der Waals surface area contributed by atoms with Gasteiger partial charge in [-0.25, -0.2) is 0 Å². The second-order valence-electron chi connectivity index (χ2n) is 3.25. The Balaban J connectivity index is 4.00. The van der Waals surface area contributed by atoms with E-state index in [2.05, 4.69) is 27.7 Å². The van der Waals surface area contributed by atoms with Gasteiger partial charge in [-0.15, -0.1) is 0 Å². The molecule has 0 spiro atoms. The molecule has 0 rings (SSSR count). The molecule has 0 aromatic rings. The van der Waals surface area contributed by atoms with Crippen molar-refractivity contribution in [2.75, 3.05) is 6.16 Å². The summed E-state index contributed by atoms with van der Waals surface area (Å²) in [5.41, 5.74) is 1.06. The van der Waals surface area contributed by atoms with E-state index in [9.17, 15) is 4.79 Å². The minimum Gasteiger partial charge on any atom is -0.481 e.